The van der Waals surface area contributed by atoms with Crippen LogP contribution in [0.2, 0.25) is 0 Å². The molecule has 6 nitrogen and oxygen atoms in total. The molecule has 6 heteroatoms. The fourth-order valence-corrected chi connectivity index (χ4v) is 3.27. The van der Waals surface area contributed by atoms with E-state index in [1.165, 1.54) is 19.3 Å². The van der Waals surface area contributed by atoms with Crippen LogP contribution in [-0.4, -0.2) is 33.1 Å². The van der Waals surface area contributed by atoms with Crippen LogP contribution in [-0.2, 0) is 6.42 Å². The van der Waals surface area contributed by atoms with Crippen LogP contribution in [0.5, 0.6) is 0 Å². The Balaban J connectivity index is 1.66. The average Bonchev–Trinajstić information content (AvgIpc) is 3.07. The maximum atomic E-state index is 12.3. The zero-order chi connectivity index (χ0) is 15.3. The van der Waals surface area contributed by atoms with E-state index >= 15 is 0 Å². The van der Waals surface area contributed by atoms with Gasteiger partial charge in [-0.1, -0.05) is 42.7 Å². The van der Waals surface area contributed by atoms with Crippen molar-refractivity contribution in [3.8, 4) is 0 Å². The van der Waals surface area contributed by atoms with Crippen LogP contribution < -0.4 is 5.32 Å². The van der Waals surface area contributed by atoms with Gasteiger partial charge in [-0.25, -0.2) is 0 Å². The zero-order valence-electron chi connectivity index (χ0n) is 12.6. The van der Waals surface area contributed by atoms with E-state index in [4.69, 9.17) is 0 Å². The number of nitrogens with one attached hydrogen (secondary N) is 2. The van der Waals surface area contributed by atoms with Gasteiger partial charge in [0.05, 0.1) is 0 Å². The minimum Gasteiger partial charge on any atom is -0.351 e. The Morgan fingerprint density at radius 2 is 1.95 bits per heavy atom. The van der Waals surface area contributed by atoms with Gasteiger partial charge in [0, 0.05) is 18.5 Å². The van der Waals surface area contributed by atoms with E-state index in [9.17, 15) is 4.79 Å². The Bertz CT molecular complexity index is 590. The first-order chi connectivity index (χ1) is 10.8. The highest BCUT2D eigenvalue weighted by Crippen LogP contribution is 2.38. The maximum Gasteiger partial charge on any atom is 0.251 e. The molecule has 2 N–H and O–H groups in total. The molecule has 2 aromatic rings. The number of aromatic amines is 1. The van der Waals surface area contributed by atoms with Gasteiger partial charge in [-0.05, 0) is 30.4 Å². The van der Waals surface area contributed by atoms with Gasteiger partial charge < -0.3 is 5.32 Å². The van der Waals surface area contributed by atoms with Crippen LogP contribution in [0.3, 0.4) is 0 Å². The number of aromatic nitrogens is 4. The quantitative estimate of drug-likeness (QED) is 0.886. The topological polar surface area (TPSA) is 83.6 Å². The first-order valence-corrected chi connectivity index (χ1v) is 7.83. The molecule has 1 aromatic heterocycles. The number of amides is 1. The Labute approximate surface area is 129 Å². The summed E-state index contributed by atoms with van der Waals surface area (Å²) in [6, 6.07) is 9.34. The molecule has 0 unspecified atom stereocenters. The number of rotatable bonds is 5. The summed E-state index contributed by atoms with van der Waals surface area (Å²) in [5.41, 5.74) is 0.750. The molecule has 116 valence electrons. The molecule has 1 fully saturated rings. The normalized spacial score (nSPS) is 17.1. The maximum absolute atomic E-state index is 12.3. The summed E-state index contributed by atoms with van der Waals surface area (Å²) in [5.74, 6) is 0.717. The number of benzene rings is 1. The lowest BCUT2D eigenvalue weighted by molar-refractivity contribution is 0.0906. The van der Waals surface area contributed by atoms with E-state index in [1.54, 1.807) is 0 Å². The smallest absolute Gasteiger partial charge is 0.251 e. The van der Waals surface area contributed by atoms with Gasteiger partial charge in [0.15, 0.2) is 5.82 Å². The zero-order valence-corrected chi connectivity index (χ0v) is 12.6. The summed E-state index contributed by atoms with van der Waals surface area (Å²) in [6.07, 6.45) is 6.60. The number of hydrogen-bond donors (Lipinski definition) is 2. The van der Waals surface area contributed by atoms with Crippen molar-refractivity contribution in [3.05, 3.63) is 41.7 Å². The third-order valence-corrected chi connectivity index (χ3v) is 4.50. The summed E-state index contributed by atoms with van der Waals surface area (Å²) in [5, 5.41) is 17.4. The minimum atomic E-state index is -0.0151. The number of nitrogens with zero attached hydrogens (tertiary/aromatic N) is 3. The van der Waals surface area contributed by atoms with Gasteiger partial charge in [-0.15, -0.1) is 10.2 Å². The highest BCUT2D eigenvalue weighted by atomic mass is 16.1. The van der Waals surface area contributed by atoms with Gasteiger partial charge in [0.25, 0.3) is 5.91 Å². The van der Waals surface area contributed by atoms with Crippen molar-refractivity contribution >= 4 is 5.91 Å². The Morgan fingerprint density at radius 3 is 2.64 bits per heavy atom. The molecule has 1 amide bonds. The second-order valence-electron chi connectivity index (χ2n) is 6.11. The van der Waals surface area contributed by atoms with E-state index in [0.717, 1.165) is 25.1 Å². The molecule has 1 aliphatic carbocycles. The van der Waals surface area contributed by atoms with Crippen molar-refractivity contribution in [2.45, 2.75) is 38.5 Å². The fourth-order valence-electron chi connectivity index (χ4n) is 3.27. The Kier molecular flexibility index (Phi) is 4.46. The Hall–Kier alpha value is -2.24. The summed E-state index contributed by atoms with van der Waals surface area (Å²) < 4.78 is 0. The highest BCUT2D eigenvalue weighted by Gasteiger charge is 2.34. The molecule has 1 heterocycles. The molecule has 0 radical (unpaired) electrons. The summed E-state index contributed by atoms with van der Waals surface area (Å²) in [6.45, 7) is 0.662. The van der Waals surface area contributed by atoms with Gasteiger partial charge in [0.2, 0.25) is 0 Å². The molecular formula is C16H21N5O. The van der Waals surface area contributed by atoms with Crippen LogP contribution in [0.1, 0.15) is 48.3 Å². The van der Waals surface area contributed by atoms with Crippen LogP contribution in [0.4, 0.5) is 0 Å². The molecule has 22 heavy (non-hydrogen) atoms. The van der Waals surface area contributed by atoms with E-state index in [-0.39, 0.29) is 11.3 Å². The van der Waals surface area contributed by atoms with Crippen LogP contribution in [0.15, 0.2) is 30.3 Å². The third-order valence-electron chi connectivity index (χ3n) is 4.50. The first-order valence-electron chi connectivity index (χ1n) is 7.83. The molecule has 1 aromatic carbocycles. The lowest BCUT2D eigenvalue weighted by Gasteiger charge is -2.36. The molecule has 1 saturated carbocycles. The van der Waals surface area contributed by atoms with Crippen LogP contribution >= 0.6 is 0 Å². The number of H-pyrrole nitrogens is 1. The Morgan fingerprint density at radius 1 is 1.18 bits per heavy atom. The SMILES string of the molecule is O=C(NCC1(Cc2nn[nH]n2)CCCCC1)c1ccccc1. The molecule has 0 saturated heterocycles. The van der Waals surface area contributed by atoms with Crippen LogP contribution in [0.25, 0.3) is 0 Å². The summed E-state index contributed by atoms with van der Waals surface area (Å²) in [7, 11) is 0. The first kappa shape index (κ1) is 14.7. The van der Waals surface area contributed by atoms with Crippen LogP contribution in [0, 0.1) is 5.41 Å². The monoisotopic (exact) mass is 299 g/mol. The molecule has 0 atom stereocenters. The standard InChI is InChI=1S/C16H21N5O/c22-15(13-7-3-1-4-8-13)17-12-16(9-5-2-6-10-16)11-14-18-20-21-19-14/h1,3-4,7-8H,2,5-6,9-12H2,(H,17,22)(H,18,19,20,21). The van der Waals surface area contributed by atoms with Gasteiger partial charge >= 0.3 is 0 Å². The van der Waals surface area contributed by atoms with Crippen molar-refractivity contribution in [1.82, 2.24) is 25.9 Å². The summed E-state index contributed by atoms with van der Waals surface area (Å²) in [4.78, 5) is 12.3. The summed E-state index contributed by atoms with van der Waals surface area (Å²) >= 11 is 0. The number of tetrazole rings is 1. The molecular weight excluding hydrogens is 278 g/mol. The second kappa shape index (κ2) is 6.68. The van der Waals surface area contributed by atoms with Gasteiger partial charge in [0.1, 0.15) is 0 Å². The third kappa shape index (κ3) is 3.50. The predicted octanol–water partition coefficient (Wildman–Crippen LogP) is 2.12. The van der Waals surface area contributed by atoms with Crippen molar-refractivity contribution < 1.29 is 4.79 Å². The molecule has 3 rings (SSSR count). The van der Waals surface area contributed by atoms with Crippen molar-refractivity contribution in [3.63, 3.8) is 0 Å². The van der Waals surface area contributed by atoms with Crippen molar-refractivity contribution in [2.75, 3.05) is 6.54 Å². The largest absolute Gasteiger partial charge is 0.351 e. The number of hydrogen-bond acceptors (Lipinski definition) is 4. The molecule has 0 bridgehead atoms. The average molecular weight is 299 g/mol. The lowest BCUT2D eigenvalue weighted by atomic mass is 9.71. The lowest BCUT2D eigenvalue weighted by Crippen LogP contribution is -2.40. The number of carbonyl (C=O) groups is 1. The van der Waals surface area contributed by atoms with E-state index < -0.39 is 0 Å². The molecule has 0 aliphatic heterocycles. The van der Waals surface area contributed by atoms with E-state index in [2.05, 4.69) is 25.9 Å². The van der Waals surface area contributed by atoms with Gasteiger partial charge in [-0.2, -0.15) is 5.21 Å². The highest BCUT2D eigenvalue weighted by molar-refractivity contribution is 5.94. The van der Waals surface area contributed by atoms with Crippen molar-refractivity contribution in [1.29, 1.82) is 0 Å². The van der Waals surface area contributed by atoms with E-state index in [0.29, 0.717) is 12.1 Å². The van der Waals surface area contributed by atoms with Gasteiger partial charge in [-0.3, -0.25) is 4.79 Å². The molecule has 0 spiro atoms. The minimum absolute atomic E-state index is 0.0151. The van der Waals surface area contributed by atoms with E-state index in [1.807, 2.05) is 30.3 Å². The number of carbonyl (C=O) groups excluding carboxylic acids is 1. The van der Waals surface area contributed by atoms with Crippen molar-refractivity contribution in [2.24, 2.45) is 5.41 Å². The fraction of sp³-hybridized carbons (Fsp3) is 0.500. The second-order valence-corrected chi connectivity index (χ2v) is 6.11. The predicted molar refractivity (Wildman–Crippen MR) is 82.2 cm³/mol. The molecule has 1 aliphatic rings.